The van der Waals surface area contributed by atoms with Gasteiger partial charge in [-0.1, -0.05) is 0 Å². The Morgan fingerprint density at radius 2 is 1.93 bits per heavy atom. The van der Waals surface area contributed by atoms with Gasteiger partial charge in [0, 0.05) is 21.1 Å². The molecular formula is C5H10Cl2N4O2S. The van der Waals surface area contributed by atoms with Crippen molar-refractivity contribution in [2.45, 2.75) is 0 Å². The van der Waals surface area contributed by atoms with Gasteiger partial charge in [0.1, 0.15) is 0 Å². The van der Waals surface area contributed by atoms with E-state index in [9.17, 15) is 8.42 Å². The summed E-state index contributed by atoms with van der Waals surface area (Å²) in [5, 5.41) is -0.112. The molecule has 9 heteroatoms. The molecule has 1 rings (SSSR count). The van der Waals surface area contributed by atoms with Crippen molar-refractivity contribution in [3.05, 3.63) is 0 Å². The zero-order valence-electron chi connectivity index (χ0n) is 7.80. The fourth-order valence-electron chi connectivity index (χ4n) is 0.615. The summed E-state index contributed by atoms with van der Waals surface area (Å²) in [6.45, 7) is 0. The summed E-state index contributed by atoms with van der Waals surface area (Å²) in [7, 11) is 0.865. The highest BCUT2D eigenvalue weighted by Gasteiger charge is 2.26. The van der Waals surface area contributed by atoms with Gasteiger partial charge in [-0.05, 0) is 11.6 Å². The third-order valence-corrected chi connectivity index (χ3v) is 3.09. The zero-order chi connectivity index (χ0) is 10.2. The van der Waals surface area contributed by atoms with Crippen LogP contribution in [-0.2, 0) is 10.2 Å². The van der Waals surface area contributed by atoms with Crippen LogP contribution in [0.25, 0.3) is 0 Å². The Bertz CT molecular complexity index is 375. The van der Waals surface area contributed by atoms with Gasteiger partial charge in [-0.15, -0.1) is 16.8 Å². The van der Waals surface area contributed by atoms with Crippen LogP contribution in [0, 0.1) is 0 Å². The fourth-order valence-corrected chi connectivity index (χ4v) is 1.72. The minimum Gasteiger partial charge on any atom is -0.346 e. The average Bonchev–Trinajstić information content (AvgIpc) is 1.99. The van der Waals surface area contributed by atoms with E-state index in [1.54, 1.807) is 14.1 Å². The van der Waals surface area contributed by atoms with Crippen molar-refractivity contribution >= 4 is 45.5 Å². The standard InChI is InChI=1S/C5H9ClN4O2S.ClH/c1-9(2)5-7-4(6)10(3)13(11,12)8-5;/h1-3H3;1H. The maximum absolute atomic E-state index is 11.3. The van der Waals surface area contributed by atoms with Gasteiger partial charge in [0.15, 0.2) is 0 Å². The predicted octanol–water partition coefficient (Wildman–Crippen LogP) is 0.111. The lowest BCUT2D eigenvalue weighted by Gasteiger charge is -2.21. The topological polar surface area (TPSA) is 65.3 Å². The summed E-state index contributed by atoms with van der Waals surface area (Å²) >= 11 is 5.58. The highest BCUT2D eigenvalue weighted by molar-refractivity contribution is 7.88. The molecule has 0 fully saturated rings. The highest BCUT2D eigenvalue weighted by atomic mass is 35.5. The second-order valence-electron chi connectivity index (χ2n) is 2.61. The molecule has 0 radical (unpaired) electrons. The van der Waals surface area contributed by atoms with Gasteiger partial charge in [0.25, 0.3) is 0 Å². The molecule has 14 heavy (non-hydrogen) atoms. The van der Waals surface area contributed by atoms with Crippen LogP contribution < -0.4 is 0 Å². The largest absolute Gasteiger partial charge is 0.349 e. The van der Waals surface area contributed by atoms with E-state index in [0.717, 1.165) is 4.31 Å². The SMILES string of the molecule is CN(C)C1=NS(=O)(=O)N(C)C(Cl)=N1.Cl. The normalized spacial score (nSPS) is 19.3. The van der Waals surface area contributed by atoms with Gasteiger partial charge >= 0.3 is 10.2 Å². The maximum Gasteiger partial charge on any atom is 0.349 e. The van der Waals surface area contributed by atoms with Crippen LogP contribution in [0.4, 0.5) is 0 Å². The lowest BCUT2D eigenvalue weighted by atomic mass is 10.8. The van der Waals surface area contributed by atoms with Gasteiger partial charge in [-0.3, -0.25) is 0 Å². The van der Waals surface area contributed by atoms with E-state index < -0.39 is 10.2 Å². The first kappa shape index (κ1) is 13.5. The van der Waals surface area contributed by atoms with Gasteiger partial charge in [0.2, 0.25) is 11.3 Å². The Balaban J connectivity index is 0.00000169. The van der Waals surface area contributed by atoms with Gasteiger partial charge in [-0.25, -0.2) is 4.31 Å². The van der Waals surface area contributed by atoms with Crippen LogP contribution in [0.3, 0.4) is 0 Å². The second-order valence-corrected chi connectivity index (χ2v) is 4.58. The predicted molar refractivity (Wildman–Crippen MR) is 58.3 cm³/mol. The summed E-state index contributed by atoms with van der Waals surface area (Å²) in [5.41, 5.74) is 0. The molecule has 0 spiro atoms. The number of hydrogen-bond donors (Lipinski definition) is 0. The first-order chi connectivity index (χ1) is 5.84. The summed E-state index contributed by atoms with van der Waals surface area (Å²) in [6.07, 6.45) is 0. The fraction of sp³-hybridized carbons (Fsp3) is 0.600. The third kappa shape index (κ3) is 2.49. The number of aliphatic imine (C=N–C) groups is 1. The minimum atomic E-state index is -3.69. The molecule has 0 atom stereocenters. The molecule has 0 aromatic rings. The van der Waals surface area contributed by atoms with E-state index in [2.05, 4.69) is 9.39 Å². The molecule has 0 saturated heterocycles. The molecule has 0 bridgehead atoms. The Kier molecular flexibility index (Phi) is 4.16. The van der Waals surface area contributed by atoms with Crippen LogP contribution in [0.1, 0.15) is 0 Å². The van der Waals surface area contributed by atoms with Gasteiger partial charge in [-0.2, -0.15) is 13.4 Å². The molecule has 1 aliphatic rings. The zero-order valence-corrected chi connectivity index (χ0v) is 10.2. The molecule has 1 aliphatic heterocycles. The Morgan fingerprint density at radius 3 is 2.29 bits per heavy atom. The Morgan fingerprint density at radius 1 is 1.43 bits per heavy atom. The smallest absolute Gasteiger partial charge is 0.346 e. The Hall–Kier alpha value is -0.530. The molecule has 0 aromatic heterocycles. The number of rotatable bonds is 0. The molecule has 6 nitrogen and oxygen atoms in total. The van der Waals surface area contributed by atoms with Crippen molar-refractivity contribution < 1.29 is 8.42 Å². The van der Waals surface area contributed by atoms with Crippen molar-refractivity contribution in [3.63, 3.8) is 0 Å². The van der Waals surface area contributed by atoms with Crippen molar-refractivity contribution in [1.29, 1.82) is 0 Å². The molecule has 0 saturated carbocycles. The maximum atomic E-state index is 11.3. The quantitative estimate of drug-likeness (QED) is 0.581. The van der Waals surface area contributed by atoms with E-state index in [-0.39, 0.29) is 23.7 Å². The number of guanidine groups is 1. The average molecular weight is 261 g/mol. The molecular weight excluding hydrogens is 251 g/mol. The number of halogens is 2. The Labute approximate surface area is 93.9 Å². The lowest BCUT2D eigenvalue weighted by molar-refractivity contribution is 0.547. The first-order valence-electron chi connectivity index (χ1n) is 3.35. The van der Waals surface area contributed by atoms with E-state index >= 15 is 0 Å². The molecule has 0 aromatic carbocycles. The van der Waals surface area contributed by atoms with Crippen LogP contribution in [0.15, 0.2) is 9.39 Å². The number of amidine groups is 1. The van der Waals surface area contributed by atoms with E-state index in [1.165, 1.54) is 11.9 Å². The summed E-state index contributed by atoms with van der Waals surface area (Å²) in [5.74, 6) is 0.0723. The van der Waals surface area contributed by atoms with Crippen LogP contribution >= 0.6 is 24.0 Å². The van der Waals surface area contributed by atoms with Crippen molar-refractivity contribution in [2.75, 3.05) is 21.1 Å². The van der Waals surface area contributed by atoms with Crippen LogP contribution in [0.5, 0.6) is 0 Å². The number of hydrogen-bond acceptors (Lipinski definition) is 4. The minimum absolute atomic E-state index is 0. The van der Waals surface area contributed by atoms with Crippen LogP contribution in [0.2, 0.25) is 0 Å². The van der Waals surface area contributed by atoms with Gasteiger partial charge in [0.05, 0.1) is 0 Å². The van der Waals surface area contributed by atoms with Gasteiger partial charge < -0.3 is 4.90 Å². The van der Waals surface area contributed by atoms with Crippen molar-refractivity contribution in [2.24, 2.45) is 9.39 Å². The molecule has 82 valence electrons. The second kappa shape index (κ2) is 4.33. The highest BCUT2D eigenvalue weighted by Crippen LogP contribution is 2.11. The monoisotopic (exact) mass is 260 g/mol. The summed E-state index contributed by atoms with van der Waals surface area (Å²) < 4.78 is 26.7. The van der Waals surface area contributed by atoms with E-state index in [1.807, 2.05) is 0 Å². The summed E-state index contributed by atoms with van der Waals surface area (Å²) in [6, 6.07) is 0. The lowest BCUT2D eigenvalue weighted by Crippen LogP contribution is -2.36. The number of nitrogens with zero attached hydrogens (tertiary/aromatic N) is 4. The molecule has 0 aliphatic carbocycles. The van der Waals surface area contributed by atoms with E-state index in [4.69, 9.17) is 11.6 Å². The molecule has 0 unspecified atom stereocenters. The van der Waals surface area contributed by atoms with Crippen molar-refractivity contribution in [1.82, 2.24) is 9.21 Å². The van der Waals surface area contributed by atoms with Crippen molar-refractivity contribution in [3.8, 4) is 0 Å². The summed E-state index contributed by atoms with van der Waals surface area (Å²) in [4.78, 5) is 5.23. The first-order valence-corrected chi connectivity index (χ1v) is 5.12. The molecule has 0 N–H and O–H groups in total. The van der Waals surface area contributed by atoms with E-state index in [0.29, 0.717) is 0 Å². The molecule has 0 amide bonds. The van der Waals surface area contributed by atoms with Crippen LogP contribution in [-0.4, -0.2) is 50.0 Å². The third-order valence-electron chi connectivity index (χ3n) is 1.40. The molecule has 1 heterocycles.